The third-order valence-corrected chi connectivity index (χ3v) is 2.08. The van der Waals surface area contributed by atoms with Crippen molar-refractivity contribution in [1.82, 2.24) is 0 Å². The van der Waals surface area contributed by atoms with Crippen LogP contribution in [0, 0.1) is 5.92 Å². The van der Waals surface area contributed by atoms with Gasteiger partial charge in [0.05, 0.1) is 0 Å². The van der Waals surface area contributed by atoms with Gasteiger partial charge in [-0.25, -0.2) is 0 Å². The molecule has 0 radical (unpaired) electrons. The van der Waals surface area contributed by atoms with Gasteiger partial charge in [-0.15, -0.1) is 0 Å². The molecule has 0 saturated heterocycles. The lowest BCUT2D eigenvalue weighted by Gasteiger charge is -2.07. The largest absolute Gasteiger partial charge is 0.325 e. The van der Waals surface area contributed by atoms with Gasteiger partial charge in [0.25, 0.3) is 0 Å². The molecule has 1 unspecified atom stereocenters. The smallest absolute Gasteiger partial charge is 0.319 e. The molecule has 0 saturated carbocycles. The first-order valence-electron chi connectivity index (χ1n) is 6.37. The number of rotatable bonds is 6. The standard InChI is InChI=1S/C10H22.2H3O3PS/c1-4-6-7-9-10(3)8-5-2;2*1-4(2,3)5/h10H,4-9H2,1-3H3;2*(H3,1,2,3,5). The SMILES string of the molecule is CCCCCC(C)CCC.OP(O)(O)=S.OP(O)(O)=S. The van der Waals surface area contributed by atoms with E-state index >= 15 is 0 Å². The Morgan fingerprint density at radius 2 is 1.10 bits per heavy atom. The van der Waals surface area contributed by atoms with E-state index in [1.807, 2.05) is 0 Å². The summed E-state index contributed by atoms with van der Waals surface area (Å²) in [4.78, 5) is 45.3. The van der Waals surface area contributed by atoms with Crippen LogP contribution < -0.4 is 0 Å². The number of unbranched alkanes of at least 4 members (excludes halogenated alkanes) is 2. The van der Waals surface area contributed by atoms with Gasteiger partial charge >= 0.3 is 13.4 Å². The fourth-order valence-electron chi connectivity index (χ4n) is 1.38. The van der Waals surface area contributed by atoms with E-state index in [1.54, 1.807) is 0 Å². The van der Waals surface area contributed by atoms with Crippen molar-refractivity contribution < 1.29 is 29.4 Å². The Morgan fingerprint density at radius 3 is 1.35 bits per heavy atom. The Bertz CT molecular complexity index is 255. The molecule has 0 aliphatic rings. The minimum Gasteiger partial charge on any atom is -0.325 e. The van der Waals surface area contributed by atoms with E-state index in [1.165, 1.54) is 38.5 Å². The lowest BCUT2D eigenvalue weighted by molar-refractivity contribution is 0.361. The zero-order valence-corrected chi connectivity index (χ0v) is 15.6. The first-order valence-corrected chi connectivity index (χ1v) is 11.7. The van der Waals surface area contributed by atoms with Gasteiger partial charge < -0.3 is 29.4 Å². The van der Waals surface area contributed by atoms with E-state index in [2.05, 4.69) is 44.4 Å². The second kappa shape index (κ2) is 15.0. The second-order valence-electron chi connectivity index (χ2n) is 4.42. The molecule has 126 valence electrons. The van der Waals surface area contributed by atoms with Gasteiger partial charge in [-0.3, -0.25) is 0 Å². The van der Waals surface area contributed by atoms with Crippen LogP contribution in [0.15, 0.2) is 0 Å². The van der Waals surface area contributed by atoms with Gasteiger partial charge in [-0.05, 0) is 29.5 Å². The van der Waals surface area contributed by atoms with Crippen LogP contribution in [0.3, 0.4) is 0 Å². The summed E-state index contributed by atoms with van der Waals surface area (Å²) in [6.07, 6.45) is 8.45. The molecule has 1 atom stereocenters. The molecule has 0 heterocycles. The maximum Gasteiger partial charge on any atom is 0.319 e. The Balaban J connectivity index is -0.000000244. The quantitative estimate of drug-likeness (QED) is 0.311. The van der Waals surface area contributed by atoms with Gasteiger partial charge in [0, 0.05) is 0 Å². The molecule has 0 aliphatic heterocycles. The summed E-state index contributed by atoms with van der Waals surface area (Å²) in [5, 5.41) is 0. The highest BCUT2D eigenvalue weighted by molar-refractivity contribution is 8.06. The Morgan fingerprint density at radius 1 is 0.750 bits per heavy atom. The molecule has 6 nitrogen and oxygen atoms in total. The van der Waals surface area contributed by atoms with Crippen LogP contribution in [0.1, 0.15) is 59.3 Å². The Labute approximate surface area is 132 Å². The maximum atomic E-state index is 7.56. The summed E-state index contributed by atoms with van der Waals surface area (Å²) in [5.74, 6) is 0.969. The first-order chi connectivity index (χ1) is 8.81. The monoisotopic (exact) mass is 370 g/mol. The van der Waals surface area contributed by atoms with Crippen LogP contribution in [0.4, 0.5) is 0 Å². The zero-order chi connectivity index (χ0) is 16.8. The van der Waals surface area contributed by atoms with E-state index in [0.29, 0.717) is 0 Å². The molecule has 0 aromatic carbocycles. The van der Waals surface area contributed by atoms with Crippen molar-refractivity contribution in [3.8, 4) is 0 Å². The van der Waals surface area contributed by atoms with Crippen LogP contribution >= 0.6 is 13.4 Å². The summed E-state index contributed by atoms with van der Waals surface area (Å²) < 4.78 is 0. The van der Waals surface area contributed by atoms with Gasteiger partial charge in [0.2, 0.25) is 0 Å². The van der Waals surface area contributed by atoms with Crippen molar-refractivity contribution in [1.29, 1.82) is 0 Å². The first kappa shape index (κ1) is 26.0. The number of hydrogen-bond acceptors (Lipinski definition) is 2. The van der Waals surface area contributed by atoms with Crippen LogP contribution in [0.2, 0.25) is 0 Å². The number of hydrogen-bond donors (Lipinski definition) is 6. The molecule has 0 aliphatic carbocycles. The fourth-order valence-corrected chi connectivity index (χ4v) is 1.38. The summed E-state index contributed by atoms with van der Waals surface area (Å²) in [6.45, 7) is -0.694. The van der Waals surface area contributed by atoms with Crippen molar-refractivity contribution in [3.05, 3.63) is 0 Å². The summed E-state index contributed by atoms with van der Waals surface area (Å²) in [5.41, 5.74) is 0. The van der Waals surface area contributed by atoms with Gasteiger partial charge in [-0.2, -0.15) is 0 Å². The molecular weight excluding hydrogens is 342 g/mol. The highest BCUT2D eigenvalue weighted by atomic mass is 32.5. The lowest BCUT2D eigenvalue weighted by atomic mass is 9.99. The van der Waals surface area contributed by atoms with Crippen LogP contribution in [-0.4, -0.2) is 29.4 Å². The summed E-state index contributed by atoms with van der Waals surface area (Å²) in [6, 6.07) is 0. The molecule has 0 bridgehead atoms. The Hall–Kier alpha value is 1.06. The van der Waals surface area contributed by atoms with Crippen molar-refractivity contribution in [2.24, 2.45) is 5.92 Å². The van der Waals surface area contributed by atoms with Crippen molar-refractivity contribution in [2.75, 3.05) is 0 Å². The molecule has 0 aromatic rings. The van der Waals surface area contributed by atoms with Crippen molar-refractivity contribution >= 4 is 37.1 Å². The van der Waals surface area contributed by atoms with Crippen LogP contribution in [0.5, 0.6) is 0 Å². The zero-order valence-electron chi connectivity index (χ0n) is 12.2. The molecule has 0 fully saturated rings. The third-order valence-electron chi connectivity index (χ3n) is 2.08. The van der Waals surface area contributed by atoms with E-state index in [-0.39, 0.29) is 0 Å². The molecule has 20 heavy (non-hydrogen) atoms. The van der Waals surface area contributed by atoms with Crippen molar-refractivity contribution in [3.63, 3.8) is 0 Å². The average Bonchev–Trinajstić information content (AvgIpc) is 2.13. The average molecular weight is 370 g/mol. The molecular formula is C10H28O6P2S2. The highest BCUT2D eigenvalue weighted by Gasteiger charge is 1.98. The molecule has 10 heteroatoms. The second-order valence-corrected chi connectivity index (χ2v) is 9.41. The Kier molecular flexibility index (Phi) is 19.5. The van der Waals surface area contributed by atoms with E-state index in [9.17, 15) is 0 Å². The van der Waals surface area contributed by atoms with Gasteiger partial charge in [0.1, 0.15) is 0 Å². The van der Waals surface area contributed by atoms with Crippen molar-refractivity contribution in [2.45, 2.75) is 59.3 Å². The third kappa shape index (κ3) is 75.7. The predicted molar refractivity (Wildman–Crippen MR) is 90.1 cm³/mol. The molecule has 0 amide bonds. The molecule has 0 rings (SSSR count). The van der Waals surface area contributed by atoms with E-state index < -0.39 is 13.4 Å². The van der Waals surface area contributed by atoms with E-state index in [0.717, 1.165) is 5.92 Å². The molecule has 6 N–H and O–H groups in total. The van der Waals surface area contributed by atoms with Crippen LogP contribution in [0.25, 0.3) is 0 Å². The predicted octanol–water partition coefficient (Wildman–Crippen LogP) is 2.38. The normalized spacial score (nSPS) is 12.7. The van der Waals surface area contributed by atoms with Gasteiger partial charge in [-0.1, -0.05) is 59.3 Å². The topological polar surface area (TPSA) is 121 Å². The molecule has 0 spiro atoms. The summed E-state index contributed by atoms with van der Waals surface area (Å²) >= 11 is 7.21. The fraction of sp³-hybridized carbons (Fsp3) is 1.00. The van der Waals surface area contributed by atoms with Crippen LogP contribution in [-0.2, 0) is 23.6 Å². The minimum atomic E-state index is -3.81. The minimum absolute atomic E-state index is 0.969. The molecule has 0 aromatic heterocycles. The highest BCUT2D eigenvalue weighted by Crippen LogP contribution is 2.26. The van der Waals surface area contributed by atoms with E-state index in [4.69, 9.17) is 29.4 Å². The summed E-state index contributed by atoms with van der Waals surface area (Å²) in [7, 11) is 0. The van der Waals surface area contributed by atoms with Gasteiger partial charge in [0.15, 0.2) is 0 Å². The lowest BCUT2D eigenvalue weighted by Crippen LogP contribution is -1.92. The maximum absolute atomic E-state index is 7.56.